The van der Waals surface area contributed by atoms with Crippen molar-refractivity contribution in [1.82, 2.24) is 5.32 Å². The third-order valence-electron chi connectivity index (χ3n) is 3.20. The highest BCUT2D eigenvalue weighted by Crippen LogP contribution is 2.23. The summed E-state index contributed by atoms with van der Waals surface area (Å²) in [6.45, 7) is 1.60. The Balaban J connectivity index is 2.17. The first-order chi connectivity index (χ1) is 9.91. The largest absolute Gasteiger partial charge is 0.367 e. The molecule has 1 atom stereocenters. The van der Waals surface area contributed by atoms with E-state index in [4.69, 9.17) is 17.3 Å². The topological polar surface area (TPSA) is 72.2 Å². The number of amides is 2. The summed E-state index contributed by atoms with van der Waals surface area (Å²) in [4.78, 5) is 24.8. The van der Waals surface area contributed by atoms with Crippen LogP contribution in [-0.4, -0.2) is 11.8 Å². The lowest BCUT2D eigenvalue weighted by Gasteiger charge is -2.28. The Morgan fingerprint density at radius 1 is 1.24 bits per heavy atom. The van der Waals surface area contributed by atoms with Gasteiger partial charge >= 0.3 is 0 Å². The maximum absolute atomic E-state index is 12.2. The van der Waals surface area contributed by atoms with Crippen LogP contribution in [0.1, 0.15) is 17.4 Å². The molecule has 0 aliphatic carbocycles. The van der Waals surface area contributed by atoms with Crippen molar-refractivity contribution < 1.29 is 9.59 Å². The van der Waals surface area contributed by atoms with Gasteiger partial charge in [-0.25, -0.2) is 0 Å². The summed E-state index contributed by atoms with van der Waals surface area (Å²) < 4.78 is 0.624. The first-order valence-electron chi connectivity index (χ1n) is 6.32. The normalized spacial score (nSPS) is 13.4. The second-order valence-electron chi connectivity index (χ2n) is 4.79. The van der Waals surface area contributed by atoms with E-state index in [0.717, 1.165) is 4.88 Å². The van der Waals surface area contributed by atoms with E-state index in [-0.39, 0.29) is 12.3 Å². The van der Waals surface area contributed by atoms with Gasteiger partial charge in [0.25, 0.3) is 0 Å². The molecule has 0 fully saturated rings. The lowest BCUT2D eigenvalue weighted by Crippen LogP contribution is -2.53. The molecule has 0 aliphatic rings. The van der Waals surface area contributed by atoms with Gasteiger partial charge in [0.15, 0.2) is 0 Å². The van der Waals surface area contributed by atoms with Gasteiger partial charge in [0.05, 0.1) is 10.8 Å². The molecule has 0 aliphatic heterocycles. The molecular weight excluding hydrogens is 308 g/mol. The standard InChI is InChI=1S/C15H15ClN2O2S/c1-15(14(17)20,10-5-3-2-4-6-10)18-13(19)9-11-7-8-12(16)21-11/h2-8H,9H2,1H3,(H2,17,20)(H,18,19). The van der Waals surface area contributed by atoms with E-state index in [0.29, 0.717) is 9.90 Å². The van der Waals surface area contributed by atoms with Crippen molar-refractivity contribution in [3.8, 4) is 0 Å². The van der Waals surface area contributed by atoms with E-state index in [1.54, 1.807) is 43.3 Å². The van der Waals surface area contributed by atoms with Gasteiger partial charge in [0, 0.05) is 4.88 Å². The number of primary amides is 1. The fourth-order valence-electron chi connectivity index (χ4n) is 1.98. The smallest absolute Gasteiger partial charge is 0.247 e. The number of nitrogens with one attached hydrogen (secondary N) is 1. The Labute approximate surface area is 131 Å². The number of benzene rings is 1. The molecule has 110 valence electrons. The predicted molar refractivity (Wildman–Crippen MR) is 84.2 cm³/mol. The van der Waals surface area contributed by atoms with Crippen molar-refractivity contribution in [1.29, 1.82) is 0 Å². The molecular formula is C15H15ClN2O2S. The van der Waals surface area contributed by atoms with Crippen LogP contribution in [0.15, 0.2) is 42.5 Å². The number of carbonyl (C=O) groups excluding carboxylic acids is 2. The molecule has 0 saturated carbocycles. The second-order valence-corrected chi connectivity index (χ2v) is 6.59. The number of halogens is 1. The number of hydrogen-bond acceptors (Lipinski definition) is 3. The molecule has 2 amide bonds. The molecule has 0 saturated heterocycles. The van der Waals surface area contributed by atoms with E-state index in [1.807, 2.05) is 6.07 Å². The lowest BCUT2D eigenvalue weighted by molar-refractivity contribution is -0.131. The molecule has 2 rings (SSSR count). The highest BCUT2D eigenvalue weighted by molar-refractivity contribution is 7.16. The molecule has 1 aromatic heterocycles. The molecule has 4 nitrogen and oxygen atoms in total. The molecule has 1 heterocycles. The van der Waals surface area contributed by atoms with Crippen molar-refractivity contribution in [2.24, 2.45) is 5.73 Å². The Morgan fingerprint density at radius 2 is 1.90 bits per heavy atom. The van der Waals surface area contributed by atoms with Gasteiger partial charge in [-0.3, -0.25) is 9.59 Å². The number of thiophene rings is 1. The number of rotatable bonds is 5. The van der Waals surface area contributed by atoms with Crippen molar-refractivity contribution >= 4 is 34.8 Å². The Morgan fingerprint density at radius 3 is 2.43 bits per heavy atom. The van der Waals surface area contributed by atoms with E-state index in [9.17, 15) is 9.59 Å². The highest BCUT2D eigenvalue weighted by Gasteiger charge is 2.34. The van der Waals surface area contributed by atoms with Gasteiger partial charge < -0.3 is 11.1 Å². The average molecular weight is 323 g/mol. The Bertz CT molecular complexity index is 657. The maximum Gasteiger partial charge on any atom is 0.247 e. The maximum atomic E-state index is 12.2. The highest BCUT2D eigenvalue weighted by atomic mass is 35.5. The van der Waals surface area contributed by atoms with Crippen LogP contribution in [-0.2, 0) is 21.5 Å². The molecule has 6 heteroatoms. The second kappa shape index (κ2) is 6.28. The van der Waals surface area contributed by atoms with E-state index in [1.165, 1.54) is 11.3 Å². The van der Waals surface area contributed by atoms with Crippen LogP contribution < -0.4 is 11.1 Å². The van der Waals surface area contributed by atoms with Crippen LogP contribution in [0.4, 0.5) is 0 Å². The van der Waals surface area contributed by atoms with Crippen molar-refractivity contribution in [2.75, 3.05) is 0 Å². The fraction of sp³-hybridized carbons (Fsp3) is 0.200. The van der Waals surface area contributed by atoms with Crippen LogP contribution in [0.2, 0.25) is 4.34 Å². The van der Waals surface area contributed by atoms with Crippen LogP contribution >= 0.6 is 22.9 Å². The van der Waals surface area contributed by atoms with Crippen LogP contribution in [0, 0.1) is 0 Å². The van der Waals surface area contributed by atoms with Gasteiger partial charge in [-0.1, -0.05) is 41.9 Å². The molecule has 3 N–H and O–H groups in total. The summed E-state index contributed by atoms with van der Waals surface area (Å²) >= 11 is 7.17. The van der Waals surface area contributed by atoms with Crippen LogP contribution in [0.5, 0.6) is 0 Å². The predicted octanol–water partition coefficient (Wildman–Crippen LogP) is 2.46. The number of carbonyl (C=O) groups is 2. The zero-order chi connectivity index (χ0) is 15.5. The quantitative estimate of drug-likeness (QED) is 0.887. The first kappa shape index (κ1) is 15.5. The summed E-state index contributed by atoms with van der Waals surface area (Å²) in [5, 5.41) is 2.72. The summed E-state index contributed by atoms with van der Waals surface area (Å²) in [5.74, 6) is -0.884. The average Bonchev–Trinajstić information content (AvgIpc) is 2.84. The monoisotopic (exact) mass is 322 g/mol. The minimum absolute atomic E-state index is 0.160. The zero-order valence-corrected chi connectivity index (χ0v) is 13.0. The Hall–Kier alpha value is -1.85. The van der Waals surface area contributed by atoms with Gasteiger partial charge in [0.2, 0.25) is 11.8 Å². The molecule has 1 aromatic carbocycles. The number of hydrogen-bond donors (Lipinski definition) is 2. The van der Waals surface area contributed by atoms with Crippen molar-refractivity contribution in [2.45, 2.75) is 18.9 Å². The molecule has 0 bridgehead atoms. The fourth-order valence-corrected chi connectivity index (χ4v) is 3.06. The summed E-state index contributed by atoms with van der Waals surface area (Å²) in [7, 11) is 0. The molecule has 1 unspecified atom stereocenters. The SMILES string of the molecule is CC(NC(=O)Cc1ccc(Cl)s1)(C(N)=O)c1ccccc1. The molecule has 0 spiro atoms. The van der Waals surface area contributed by atoms with Crippen molar-refractivity contribution in [3.63, 3.8) is 0 Å². The van der Waals surface area contributed by atoms with E-state index >= 15 is 0 Å². The molecule has 0 radical (unpaired) electrons. The van der Waals surface area contributed by atoms with E-state index < -0.39 is 11.4 Å². The lowest BCUT2D eigenvalue weighted by atomic mass is 9.91. The van der Waals surface area contributed by atoms with Crippen LogP contribution in [0.25, 0.3) is 0 Å². The molecule has 21 heavy (non-hydrogen) atoms. The Kier molecular flexibility index (Phi) is 4.65. The summed E-state index contributed by atoms with van der Waals surface area (Å²) in [6, 6.07) is 12.5. The van der Waals surface area contributed by atoms with Gasteiger partial charge in [-0.15, -0.1) is 11.3 Å². The summed E-state index contributed by atoms with van der Waals surface area (Å²) in [5.41, 5.74) is 4.89. The zero-order valence-electron chi connectivity index (χ0n) is 11.4. The van der Waals surface area contributed by atoms with Crippen molar-refractivity contribution in [3.05, 3.63) is 57.2 Å². The third kappa shape index (κ3) is 3.62. The third-order valence-corrected chi connectivity index (χ3v) is 4.43. The van der Waals surface area contributed by atoms with Gasteiger partial charge in [0.1, 0.15) is 5.54 Å². The van der Waals surface area contributed by atoms with E-state index in [2.05, 4.69) is 5.32 Å². The van der Waals surface area contributed by atoms with Crippen LogP contribution in [0.3, 0.4) is 0 Å². The number of nitrogens with two attached hydrogens (primary N) is 1. The first-order valence-corrected chi connectivity index (χ1v) is 7.52. The molecule has 2 aromatic rings. The minimum Gasteiger partial charge on any atom is -0.367 e. The summed E-state index contributed by atoms with van der Waals surface area (Å²) in [6.07, 6.45) is 0.160. The minimum atomic E-state index is -1.24. The van der Waals surface area contributed by atoms with Gasteiger partial charge in [-0.2, -0.15) is 0 Å². The van der Waals surface area contributed by atoms with Gasteiger partial charge in [-0.05, 0) is 24.6 Å².